The topological polar surface area (TPSA) is 0 Å². The minimum Gasteiger partial charge on any atom is -0.0988 e. The van der Waals surface area contributed by atoms with E-state index in [4.69, 9.17) is 0 Å². The minimum absolute atomic E-state index is 0.689. The fourth-order valence-electron chi connectivity index (χ4n) is 2.85. The molecule has 0 aliphatic heterocycles. The molecule has 1 unspecified atom stereocenters. The third kappa shape index (κ3) is 3.96. The summed E-state index contributed by atoms with van der Waals surface area (Å²) in [7, 11) is 0. The molecule has 1 aromatic rings. The number of hydrogen-bond acceptors (Lipinski definition) is 0. The Morgan fingerprint density at radius 2 is 2.00 bits per heavy atom. The Bertz CT molecular complexity index is 499. The van der Waals surface area contributed by atoms with Crippen molar-refractivity contribution in [1.29, 1.82) is 0 Å². The number of allylic oxidation sites excluding steroid dienone is 5. The van der Waals surface area contributed by atoms with Gasteiger partial charge in [0.2, 0.25) is 0 Å². The van der Waals surface area contributed by atoms with Crippen molar-refractivity contribution < 1.29 is 0 Å². The van der Waals surface area contributed by atoms with E-state index < -0.39 is 0 Å². The summed E-state index contributed by atoms with van der Waals surface area (Å²) >= 11 is 0. The van der Waals surface area contributed by atoms with Crippen molar-refractivity contribution in [1.82, 2.24) is 0 Å². The maximum atomic E-state index is 4.00. The summed E-state index contributed by atoms with van der Waals surface area (Å²) < 4.78 is 0. The van der Waals surface area contributed by atoms with E-state index in [2.05, 4.69) is 62.9 Å². The van der Waals surface area contributed by atoms with Crippen LogP contribution in [0.1, 0.15) is 43.7 Å². The first-order chi connectivity index (χ1) is 9.72. The van der Waals surface area contributed by atoms with Gasteiger partial charge in [0.05, 0.1) is 0 Å². The van der Waals surface area contributed by atoms with Crippen molar-refractivity contribution >= 4 is 0 Å². The van der Waals surface area contributed by atoms with Gasteiger partial charge in [0.25, 0.3) is 0 Å². The molecule has 0 heteroatoms. The van der Waals surface area contributed by atoms with E-state index in [1.807, 2.05) is 0 Å². The molecule has 1 aliphatic carbocycles. The van der Waals surface area contributed by atoms with Gasteiger partial charge in [-0.1, -0.05) is 74.4 Å². The van der Waals surface area contributed by atoms with Gasteiger partial charge in [-0.3, -0.25) is 0 Å². The van der Waals surface area contributed by atoms with Crippen LogP contribution in [0.4, 0.5) is 0 Å². The summed E-state index contributed by atoms with van der Waals surface area (Å²) in [6.45, 7) is 8.40. The molecular formula is C20H26. The Balaban J connectivity index is 2.03. The zero-order valence-electron chi connectivity index (χ0n) is 12.9. The third-order valence-corrected chi connectivity index (χ3v) is 4.16. The lowest BCUT2D eigenvalue weighted by molar-refractivity contribution is 0.537. The summed E-state index contributed by atoms with van der Waals surface area (Å²) in [5.74, 6) is 0.689. The first-order valence-corrected chi connectivity index (χ1v) is 7.81. The predicted octanol–water partition coefficient (Wildman–Crippen LogP) is 5.79. The minimum atomic E-state index is 0.689. The monoisotopic (exact) mass is 266 g/mol. The number of hydrogen-bond donors (Lipinski definition) is 0. The zero-order chi connectivity index (χ0) is 14.4. The van der Waals surface area contributed by atoms with Gasteiger partial charge in [0.1, 0.15) is 0 Å². The molecule has 1 aromatic carbocycles. The zero-order valence-corrected chi connectivity index (χ0v) is 12.9. The second kappa shape index (κ2) is 7.28. The summed E-state index contributed by atoms with van der Waals surface area (Å²) in [6.07, 6.45) is 12.9. The molecular weight excluding hydrogens is 240 g/mol. The average molecular weight is 266 g/mol. The lowest BCUT2D eigenvalue weighted by atomic mass is 9.83. The van der Waals surface area contributed by atoms with Gasteiger partial charge in [0, 0.05) is 0 Å². The molecule has 1 atom stereocenters. The normalized spacial score (nSPS) is 18.4. The summed E-state index contributed by atoms with van der Waals surface area (Å²) in [6, 6.07) is 8.86. The molecule has 0 saturated heterocycles. The van der Waals surface area contributed by atoms with Crippen molar-refractivity contribution in [2.75, 3.05) is 0 Å². The van der Waals surface area contributed by atoms with E-state index in [1.165, 1.54) is 48.0 Å². The number of aryl methyl sites for hydroxylation is 1. The summed E-state index contributed by atoms with van der Waals surface area (Å²) in [4.78, 5) is 0. The summed E-state index contributed by atoms with van der Waals surface area (Å²) in [5.41, 5.74) is 5.60. The highest BCUT2D eigenvalue weighted by molar-refractivity contribution is 5.38. The molecule has 0 nitrogen and oxygen atoms in total. The Morgan fingerprint density at radius 3 is 2.65 bits per heavy atom. The van der Waals surface area contributed by atoms with Gasteiger partial charge in [-0.05, 0) is 48.8 Å². The molecule has 0 saturated carbocycles. The van der Waals surface area contributed by atoms with Crippen LogP contribution in [-0.4, -0.2) is 0 Å². The van der Waals surface area contributed by atoms with Gasteiger partial charge < -0.3 is 0 Å². The lowest BCUT2D eigenvalue weighted by Crippen LogP contribution is -2.07. The van der Waals surface area contributed by atoms with Crippen molar-refractivity contribution in [3.05, 3.63) is 71.3 Å². The number of rotatable bonds is 6. The third-order valence-electron chi connectivity index (χ3n) is 4.16. The van der Waals surface area contributed by atoms with Crippen molar-refractivity contribution in [3.63, 3.8) is 0 Å². The average Bonchev–Trinajstić information content (AvgIpc) is 2.48. The Morgan fingerprint density at radius 1 is 1.25 bits per heavy atom. The quantitative estimate of drug-likeness (QED) is 0.611. The Hall–Kier alpha value is -1.56. The maximum absolute atomic E-state index is 4.00. The maximum Gasteiger partial charge on any atom is -0.00288 e. The molecule has 20 heavy (non-hydrogen) atoms. The van der Waals surface area contributed by atoms with E-state index in [0.29, 0.717) is 5.92 Å². The van der Waals surface area contributed by atoms with Crippen LogP contribution in [0.15, 0.2) is 60.2 Å². The van der Waals surface area contributed by atoms with Crippen molar-refractivity contribution in [2.24, 2.45) is 5.92 Å². The Kier molecular flexibility index (Phi) is 5.40. The predicted molar refractivity (Wildman–Crippen MR) is 88.9 cm³/mol. The van der Waals surface area contributed by atoms with Gasteiger partial charge >= 0.3 is 0 Å². The fourth-order valence-corrected chi connectivity index (χ4v) is 2.85. The van der Waals surface area contributed by atoms with Crippen molar-refractivity contribution in [2.45, 2.75) is 46.0 Å². The van der Waals surface area contributed by atoms with Crippen LogP contribution < -0.4 is 0 Å². The molecule has 0 spiro atoms. The van der Waals surface area contributed by atoms with Crippen molar-refractivity contribution in [3.8, 4) is 0 Å². The molecule has 1 aliphatic rings. The van der Waals surface area contributed by atoms with Gasteiger partial charge in [-0.2, -0.15) is 0 Å². The molecule has 0 bridgehead atoms. The SMILES string of the molecule is C=CC1=CC(Cc2ccc(C)cc2)=CCC1CCCC. The largest absolute Gasteiger partial charge is 0.0988 e. The first kappa shape index (κ1) is 14.8. The van der Waals surface area contributed by atoms with E-state index in [9.17, 15) is 0 Å². The second-order valence-electron chi connectivity index (χ2n) is 5.86. The number of benzene rings is 1. The van der Waals surface area contributed by atoms with Gasteiger partial charge in [0.15, 0.2) is 0 Å². The van der Waals surface area contributed by atoms with E-state index >= 15 is 0 Å². The van der Waals surface area contributed by atoms with E-state index in [1.54, 1.807) is 0 Å². The smallest absolute Gasteiger partial charge is 0.00288 e. The van der Waals surface area contributed by atoms with Crippen LogP contribution in [0, 0.1) is 12.8 Å². The molecule has 0 aromatic heterocycles. The van der Waals surface area contributed by atoms with Gasteiger partial charge in [-0.15, -0.1) is 0 Å². The highest BCUT2D eigenvalue weighted by Gasteiger charge is 2.15. The highest BCUT2D eigenvalue weighted by Crippen LogP contribution is 2.30. The molecule has 0 N–H and O–H groups in total. The highest BCUT2D eigenvalue weighted by atomic mass is 14.2. The van der Waals surface area contributed by atoms with E-state index in [0.717, 1.165) is 6.42 Å². The second-order valence-corrected chi connectivity index (χ2v) is 5.86. The molecule has 106 valence electrons. The van der Waals surface area contributed by atoms with Crippen LogP contribution in [0.2, 0.25) is 0 Å². The van der Waals surface area contributed by atoms with Crippen LogP contribution >= 0.6 is 0 Å². The molecule has 0 fully saturated rings. The van der Waals surface area contributed by atoms with Crippen LogP contribution in [0.5, 0.6) is 0 Å². The van der Waals surface area contributed by atoms with Crippen LogP contribution in [0.25, 0.3) is 0 Å². The van der Waals surface area contributed by atoms with E-state index in [-0.39, 0.29) is 0 Å². The van der Waals surface area contributed by atoms with Gasteiger partial charge in [-0.25, -0.2) is 0 Å². The Labute approximate surface area is 123 Å². The lowest BCUT2D eigenvalue weighted by Gasteiger charge is -2.22. The number of unbranched alkanes of at least 4 members (excludes halogenated alkanes) is 1. The molecule has 0 amide bonds. The van der Waals surface area contributed by atoms with Crippen LogP contribution in [0.3, 0.4) is 0 Å². The first-order valence-electron chi connectivity index (χ1n) is 7.81. The standard InChI is InChI=1S/C20H26/c1-4-6-7-20-13-12-18(15-19(20)5-2)14-17-10-8-16(3)9-11-17/h5,8-12,15,20H,2,4,6-7,13-14H2,1,3H3. The fraction of sp³-hybridized carbons (Fsp3) is 0.400. The molecule has 0 radical (unpaired) electrons. The molecule has 0 heterocycles. The summed E-state index contributed by atoms with van der Waals surface area (Å²) in [5, 5.41) is 0. The van der Waals surface area contributed by atoms with Crippen LogP contribution in [-0.2, 0) is 6.42 Å². The molecule has 2 rings (SSSR count).